The molecule has 6 aliphatic heterocycles. The first-order chi connectivity index (χ1) is 63.5. The minimum absolute atomic E-state index is 0. The zero-order valence-electron chi connectivity index (χ0n) is 79.8. The Labute approximate surface area is 809 Å². The number of nitrogens with one attached hydrogen (secondary N) is 4. The summed E-state index contributed by atoms with van der Waals surface area (Å²) in [4.78, 5) is 83.5. The van der Waals surface area contributed by atoms with Crippen molar-refractivity contribution >= 4 is 46.2 Å². The number of piperazine rings is 3. The number of aryl methyl sites for hydroxylation is 4. The number of halogens is 7. The number of carboxylic acid groups (broad SMARTS) is 1. The zero-order chi connectivity index (χ0) is 95.0. The third-order valence-electron chi connectivity index (χ3n) is 27.2. The Kier molecular flexibility index (Phi) is 35.6. The second-order valence-corrected chi connectivity index (χ2v) is 36.6. The predicted octanol–water partition coefficient (Wildman–Crippen LogP) is 12.1. The van der Waals surface area contributed by atoms with E-state index in [4.69, 9.17) is 35.8 Å². The van der Waals surface area contributed by atoms with Crippen LogP contribution in [0.5, 0.6) is 0 Å². The maximum absolute atomic E-state index is 13.9. The van der Waals surface area contributed by atoms with Crippen LogP contribution in [0.1, 0.15) is 215 Å². The molecule has 11 aromatic rings. The molecule has 6 N–H and O–H groups in total. The van der Waals surface area contributed by atoms with Gasteiger partial charge in [-0.25, -0.2) is 14.4 Å². The van der Waals surface area contributed by atoms with Gasteiger partial charge in [0.15, 0.2) is 0 Å². The molecule has 6 saturated heterocycles. The number of alkyl halides is 6. The summed E-state index contributed by atoms with van der Waals surface area (Å²) in [5.41, 5.74) is 19.6. The number of aromatic carboxylic acids is 1. The van der Waals surface area contributed by atoms with Gasteiger partial charge in [-0.15, -0.1) is 0 Å². The number of aromatic nitrogens is 11. The number of H-pyrrole nitrogens is 2. The molecule has 38 heteroatoms. The van der Waals surface area contributed by atoms with Gasteiger partial charge in [0.25, 0.3) is 17.0 Å². The summed E-state index contributed by atoms with van der Waals surface area (Å²) in [5, 5.41) is 27.0. The number of carbonyl (C=O) groups excluding carboxylic acids is 2. The molecule has 0 bridgehead atoms. The SMILES string of the molecule is CCN1CCN(C(C)c2c(C)c(C(=O)NCc3c(C)cc(C)[nH]c3=O)cc3c(-c4cnn(C5CCOCC5)c4)ccn23)CC1.Cc1c(C(=O)O)cc2c(-c3cnn(C4CCOCC4)c3)ccn2c1C(C)N1CCN(CC(F)(F)F)CC1.Cc1c(C(=O)OC(C)C)cc2c(-c3cnn(C4CCOCC4)c3)ccn2c1C(C)N1CCN(CC(F)(F)F)CC1.Cc1cc(C)c(CNCl)c(=O)[nH]1.[Na+].[OH-]. The second kappa shape index (κ2) is 46.0. The standard InChI is InChI=1S/C34H45N7O3.C29H38F3N5O3.C26H32F3N5O3.C8H11ClN2O.Na.H2O/c1-6-38-11-13-39(14-12-38)25(5)32-24(4)29(33(42)35-20-30-22(2)17-23(3)37-34(30)43)18-31-28(7-10-40(31)32)26-19-36-41(21-26)27-8-15-44-16-9-27;1-19(2)40-28(38)25-15-26-24(22-16-33-37(17-22)23-6-13-39-14-7-23)5-8-36(26)27(20(25)3)21(4)35-11-9-34(10-12-35)18-29(30,31)32;1-17-22(25(35)36)13-23-21(19-14-30-34(15-19)20-4-11-37-12-5-20)3-6-33(23)24(17)18(2)32-9-7-31(8-10-32)16-26(27,28)29;1-5-3-6(2)11-8(12)7(5)4-10-9;;/h7,10,17-19,21,25,27H,6,8-9,11-16,20H2,1-5H3,(H,35,42)(H,37,43);5,8,15-17,19,21,23H,6-7,9-14,18H2,1-4H3;3,6,13-15,18,20H,4-5,7-12,16H2,1-2H3,(H,35,36);3,10H,4H2,1-2H3,(H,11,12);;1H2/q;;;;+1;/p-1. The molecule has 6 aliphatic rings. The van der Waals surface area contributed by atoms with Crippen molar-refractivity contribution in [2.75, 3.05) is 138 Å². The van der Waals surface area contributed by atoms with Gasteiger partial charge in [0.05, 0.1) is 83.6 Å². The van der Waals surface area contributed by atoms with Crippen molar-refractivity contribution in [2.45, 2.75) is 196 Å². The molecule has 30 nitrogen and oxygen atoms in total. The number of likely N-dealkylation sites (N-methyl/N-ethyl adjacent to an activating group) is 1. The van der Waals surface area contributed by atoms with Gasteiger partial charge in [0.2, 0.25) is 0 Å². The molecule has 0 aliphatic carbocycles. The molecular formula is C97H127ClF6N19NaO11. The maximum atomic E-state index is 13.9. The van der Waals surface area contributed by atoms with Crippen molar-refractivity contribution < 1.29 is 99.8 Å². The van der Waals surface area contributed by atoms with E-state index >= 15 is 0 Å². The Morgan fingerprint density at radius 2 is 0.822 bits per heavy atom. The zero-order valence-corrected chi connectivity index (χ0v) is 82.5. The number of fused-ring (bicyclic) bond motifs is 3. The molecule has 17 heterocycles. The van der Waals surface area contributed by atoms with E-state index in [1.807, 2.05) is 143 Å². The first-order valence-corrected chi connectivity index (χ1v) is 46.7. The second-order valence-electron chi connectivity index (χ2n) is 36.3. The summed E-state index contributed by atoms with van der Waals surface area (Å²) >= 11 is 5.32. The average molecular weight is 1910 g/mol. The molecule has 3 atom stereocenters. The molecule has 726 valence electrons. The quantitative estimate of drug-likeness (QED) is 0.0172. The van der Waals surface area contributed by atoms with Gasteiger partial charge in [-0.3, -0.25) is 52.9 Å². The van der Waals surface area contributed by atoms with E-state index < -0.39 is 31.4 Å². The predicted molar refractivity (Wildman–Crippen MR) is 501 cm³/mol. The molecule has 6 fully saturated rings. The van der Waals surface area contributed by atoms with Gasteiger partial charge >= 0.3 is 53.8 Å². The number of esters is 1. The summed E-state index contributed by atoms with van der Waals surface area (Å²) in [6, 6.07) is 16.3. The third-order valence-corrected chi connectivity index (χ3v) is 27.3. The van der Waals surface area contributed by atoms with E-state index in [1.165, 1.54) is 9.80 Å². The van der Waals surface area contributed by atoms with Crippen molar-refractivity contribution in [1.29, 1.82) is 0 Å². The first kappa shape index (κ1) is 105. The van der Waals surface area contributed by atoms with Gasteiger partial charge in [0.1, 0.15) is 0 Å². The molecule has 11 aromatic heterocycles. The molecule has 1 amide bonds. The molecular weight excluding hydrogens is 1780 g/mol. The van der Waals surface area contributed by atoms with Crippen LogP contribution in [0.2, 0.25) is 0 Å². The number of carbonyl (C=O) groups is 3. The van der Waals surface area contributed by atoms with Gasteiger partial charge in [0, 0.05) is 265 Å². The van der Waals surface area contributed by atoms with Gasteiger partial charge in [-0.05, 0) is 216 Å². The molecule has 3 unspecified atom stereocenters. The molecule has 0 spiro atoms. The van der Waals surface area contributed by atoms with Crippen molar-refractivity contribution in [3.63, 3.8) is 0 Å². The van der Waals surface area contributed by atoms with Crippen LogP contribution in [-0.4, -0.2) is 267 Å². The Bertz CT molecular complexity index is 6010. The summed E-state index contributed by atoms with van der Waals surface area (Å²) in [5.74, 6) is -1.57. The van der Waals surface area contributed by atoms with Crippen LogP contribution >= 0.6 is 11.8 Å². The molecule has 0 aromatic carbocycles. The summed E-state index contributed by atoms with van der Waals surface area (Å²) < 4.78 is 112. The summed E-state index contributed by atoms with van der Waals surface area (Å²) in [6.07, 6.45) is 14.7. The van der Waals surface area contributed by atoms with Crippen LogP contribution in [-0.2, 0) is 32.0 Å². The number of nitrogens with zero attached hydrogens (tertiary/aromatic N) is 15. The largest absolute Gasteiger partial charge is 1.00 e. The van der Waals surface area contributed by atoms with Gasteiger partial charge in [-0.2, -0.15) is 41.6 Å². The number of amides is 1. The summed E-state index contributed by atoms with van der Waals surface area (Å²) in [7, 11) is 0. The Morgan fingerprint density at radius 3 is 1.15 bits per heavy atom. The van der Waals surface area contributed by atoms with E-state index in [-0.39, 0.29) is 100 Å². The first-order valence-electron chi connectivity index (χ1n) is 46.3. The van der Waals surface area contributed by atoms with Gasteiger partial charge < -0.3 is 62.9 Å². The summed E-state index contributed by atoms with van der Waals surface area (Å²) in [6.45, 7) is 37.0. The molecule has 0 radical (unpaired) electrons. The molecule has 17 rings (SSSR count). The Morgan fingerprint density at radius 1 is 0.496 bits per heavy atom. The van der Waals surface area contributed by atoms with Crippen LogP contribution in [0, 0.1) is 48.5 Å². The smallest absolute Gasteiger partial charge is 0.870 e. The normalized spacial score (nSPS) is 17.7. The van der Waals surface area contributed by atoms with E-state index in [2.05, 4.69) is 116 Å². The fraction of sp³-hybridized carbons (Fsp3) is 0.526. The number of hydrogen-bond donors (Lipinski definition) is 5. The van der Waals surface area contributed by atoms with Crippen LogP contribution in [0.3, 0.4) is 0 Å². The third kappa shape index (κ3) is 24.9. The number of aromatic amines is 2. The monoisotopic (exact) mass is 1910 g/mol. The van der Waals surface area contributed by atoms with Crippen LogP contribution < -0.4 is 50.8 Å². The van der Waals surface area contributed by atoms with Gasteiger partial charge in [-0.1, -0.05) is 6.92 Å². The Hall–Kier alpha value is -9.35. The van der Waals surface area contributed by atoms with Crippen molar-refractivity contribution in [3.8, 4) is 33.4 Å². The fourth-order valence-corrected chi connectivity index (χ4v) is 20.0. The fourth-order valence-electron chi connectivity index (χ4n) is 19.8. The average Bonchev–Trinajstić information content (AvgIpc) is 1.65. The maximum Gasteiger partial charge on any atom is 1.00 e. The van der Waals surface area contributed by atoms with Crippen LogP contribution in [0.4, 0.5) is 26.3 Å². The minimum Gasteiger partial charge on any atom is -0.870 e. The van der Waals surface area contributed by atoms with Crippen molar-refractivity contribution in [3.05, 3.63) is 209 Å². The van der Waals surface area contributed by atoms with E-state index in [0.29, 0.717) is 112 Å². The Balaban J connectivity index is 0.000000170. The minimum atomic E-state index is -4.22. The van der Waals surface area contributed by atoms with E-state index in [0.717, 1.165) is 198 Å². The number of pyridine rings is 5. The number of carboxylic acids is 1. The van der Waals surface area contributed by atoms with Crippen molar-refractivity contribution in [2.24, 2.45) is 0 Å². The number of rotatable bonds is 23. The molecule has 135 heavy (non-hydrogen) atoms. The van der Waals surface area contributed by atoms with Crippen LogP contribution in [0.25, 0.3) is 49.9 Å². The van der Waals surface area contributed by atoms with E-state index in [9.17, 15) is 55.4 Å². The molecule has 0 saturated carbocycles. The number of ether oxygens (including phenoxy) is 4. The number of hydrogen-bond acceptors (Lipinski definition) is 20. The van der Waals surface area contributed by atoms with Crippen LogP contribution in [0.15, 0.2) is 114 Å². The van der Waals surface area contributed by atoms with Crippen molar-refractivity contribution in [1.82, 2.24) is 92.1 Å². The topological polar surface area (TPSA) is 314 Å². The van der Waals surface area contributed by atoms with E-state index in [1.54, 1.807) is 13.0 Å².